The first-order valence-corrected chi connectivity index (χ1v) is 11.8. The Morgan fingerprint density at radius 2 is 1.31 bits per heavy atom. The van der Waals surface area contributed by atoms with Crippen LogP contribution in [-0.4, -0.2) is 33.8 Å². The first kappa shape index (κ1) is 18.4. The second-order valence-electron chi connectivity index (χ2n) is 6.06. The molecule has 8 heteroatoms. The van der Waals surface area contributed by atoms with Crippen LogP contribution in [0.1, 0.15) is 20.7 Å². The number of thioether (sulfide) groups is 2. The quantitative estimate of drug-likeness (QED) is 0.584. The molecular weight excluding hydrogens is 500 g/mol. The van der Waals surface area contributed by atoms with Crippen molar-refractivity contribution in [1.29, 1.82) is 0 Å². The maximum Gasteiger partial charge on any atom is 0.204 e. The number of rotatable bonds is 3. The summed E-state index contributed by atoms with van der Waals surface area (Å²) in [5.74, 6) is -0.182. The predicted molar refractivity (Wildman–Crippen MR) is 117 cm³/mol. The second kappa shape index (κ2) is 6.29. The van der Waals surface area contributed by atoms with E-state index in [0.717, 1.165) is 20.3 Å². The van der Waals surface area contributed by atoms with Crippen molar-refractivity contribution in [3.8, 4) is 0 Å². The van der Waals surface area contributed by atoms with Crippen LogP contribution in [0, 0.1) is 0 Å². The van der Waals surface area contributed by atoms with Gasteiger partial charge in [0.05, 0.1) is 0 Å². The maximum atomic E-state index is 13.5. The molecule has 0 radical (unpaired) electrons. The largest absolute Gasteiger partial charge is 0.361 e. The van der Waals surface area contributed by atoms with Gasteiger partial charge in [-0.25, -0.2) is 0 Å². The van der Waals surface area contributed by atoms with Gasteiger partial charge in [-0.2, -0.15) is 0 Å². The van der Waals surface area contributed by atoms with Crippen molar-refractivity contribution in [2.24, 2.45) is 0 Å². The van der Waals surface area contributed by atoms with Crippen LogP contribution in [0.25, 0.3) is 0 Å². The Hall–Kier alpha value is -0.960. The molecule has 0 saturated heterocycles. The molecule has 26 heavy (non-hydrogen) atoms. The Bertz CT molecular complexity index is 964. The van der Waals surface area contributed by atoms with Gasteiger partial charge >= 0.3 is 0 Å². The van der Waals surface area contributed by atoms with Gasteiger partial charge in [0.15, 0.2) is 9.74 Å². The van der Waals surface area contributed by atoms with Crippen LogP contribution < -0.4 is 10.6 Å². The summed E-state index contributed by atoms with van der Waals surface area (Å²) in [6, 6.07) is 11.1. The zero-order valence-corrected chi connectivity index (χ0v) is 18.7. The van der Waals surface area contributed by atoms with E-state index < -0.39 is 9.74 Å². The van der Waals surface area contributed by atoms with Crippen molar-refractivity contribution in [1.82, 2.24) is 0 Å². The normalized spacial score (nSPS) is 26.3. The number of carbonyl (C=O) groups is 2. The molecule has 0 saturated carbocycles. The zero-order chi connectivity index (χ0) is 18.7. The highest BCUT2D eigenvalue weighted by Crippen LogP contribution is 2.55. The number of anilines is 2. The Balaban J connectivity index is 1.89. The third-order valence-electron chi connectivity index (χ3n) is 4.82. The van der Waals surface area contributed by atoms with Gasteiger partial charge in [0.25, 0.3) is 0 Å². The molecule has 0 bridgehead atoms. The fraction of sp³-hybridized carbons (Fsp3) is 0.222. The molecule has 0 aliphatic carbocycles. The molecule has 4 nitrogen and oxygen atoms in total. The summed E-state index contributed by atoms with van der Waals surface area (Å²) >= 11 is 9.60. The van der Waals surface area contributed by atoms with Crippen molar-refractivity contribution in [3.05, 3.63) is 56.5 Å². The standard InChI is InChI=1S/C18H14Br2N2O2S2/c1-25-17(15(23)11-5-3-10(20)8-14(11)22-17)18(26-2)16(24)12-7-9(19)4-6-13(12)21-18/h3-8,21-22H,1-2H3. The number of fused-ring (bicyclic) bond motifs is 2. The Kier molecular flexibility index (Phi) is 4.45. The molecule has 0 aromatic heterocycles. The van der Waals surface area contributed by atoms with E-state index in [4.69, 9.17) is 0 Å². The van der Waals surface area contributed by atoms with E-state index in [1.165, 1.54) is 23.5 Å². The van der Waals surface area contributed by atoms with Gasteiger partial charge in [-0.1, -0.05) is 31.9 Å². The van der Waals surface area contributed by atoms with Crippen LogP contribution in [0.15, 0.2) is 45.3 Å². The number of hydrogen-bond donors (Lipinski definition) is 2. The average molecular weight is 514 g/mol. The molecule has 2 aliphatic rings. The van der Waals surface area contributed by atoms with Gasteiger partial charge in [-0.3, -0.25) is 9.59 Å². The number of ketones is 2. The van der Waals surface area contributed by atoms with Crippen LogP contribution in [-0.2, 0) is 0 Å². The lowest BCUT2D eigenvalue weighted by atomic mass is 9.96. The van der Waals surface area contributed by atoms with Crippen LogP contribution in [0.5, 0.6) is 0 Å². The first-order valence-electron chi connectivity index (χ1n) is 7.74. The molecule has 2 aromatic carbocycles. The molecule has 2 unspecified atom stereocenters. The van der Waals surface area contributed by atoms with Crippen LogP contribution in [0.2, 0.25) is 0 Å². The van der Waals surface area contributed by atoms with Crippen molar-refractivity contribution < 1.29 is 9.59 Å². The lowest BCUT2D eigenvalue weighted by molar-refractivity contribution is 0.0874. The number of carbonyl (C=O) groups excluding carboxylic acids is 2. The second-order valence-corrected chi connectivity index (χ2v) is 9.93. The van der Waals surface area contributed by atoms with Crippen LogP contribution in [0.3, 0.4) is 0 Å². The summed E-state index contributed by atoms with van der Waals surface area (Å²) in [4.78, 5) is 24.7. The number of benzene rings is 2. The highest BCUT2D eigenvalue weighted by molar-refractivity contribution is 9.10. The van der Waals surface area contributed by atoms with Gasteiger partial charge in [-0.05, 0) is 48.9 Å². The fourth-order valence-electron chi connectivity index (χ4n) is 3.57. The van der Waals surface area contributed by atoms with Gasteiger partial charge in [0, 0.05) is 31.4 Å². The summed E-state index contributed by atoms with van der Waals surface area (Å²) in [6.45, 7) is 0. The number of halogens is 2. The molecule has 134 valence electrons. The molecule has 2 heterocycles. The molecule has 0 spiro atoms. The molecule has 2 aromatic rings. The van der Waals surface area contributed by atoms with Gasteiger partial charge in [-0.15, -0.1) is 23.5 Å². The Morgan fingerprint density at radius 3 is 1.96 bits per heavy atom. The fourth-order valence-corrected chi connectivity index (χ4v) is 6.67. The summed E-state index contributed by atoms with van der Waals surface area (Å²) in [5.41, 5.74) is 2.67. The third-order valence-corrected chi connectivity index (χ3v) is 8.35. The third kappa shape index (κ3) is 2.28. The lowest BCUT2D eigenvalue weighted by Gasteiger charge is -2.42. The molecule has 0 amide bonds. The topological polar surface area (TPSA) is 58.2 Å². The number of nitrogens with one attached hydrogen (secondary N) is 2. The van der Waals surface area contributed by atoms with Crippen LogP contribution >= 0.6 is 55.4 Å². The average Bonchev–Trinajstić information content (AvgIpc) is 3.08. The van der Waals surface area contributed by atoms with E-state index in [-0.39, 0.29) is 11.6 Å². The van der Waals surface area contributed by atoms with Crippen molar-refractivity contribution in [2.75, 3.05) is 23.1 Å². The molecule has 4 rings (SSSR count). The van der Waals surface area contributed by atoms with E-state index in [9.17, 15) is 9.59 Å². The highest BCUT2D eigenvalue weighted by atomic mass is 79.9. The zero-order valence-electron chi connectivity index (χ0n) is 13.9. The summed E-state index contributed by atoms with van der Waals surface area (Å²) < 4.78 is 1.71. The van der Waals surface area contributed by atoms with Gasteiger partial charge < -0.3 is 10.6 Å². The van der Waals surface area contributed by atoms with Crippen LogP contribution in [0.4, 0.5) is 11.4 Å². The van der Waals surface area contributed by atoms with Gasteiger partial charge in [0.2, 0.25) is 11.6 Å². The Labute approximate surface area is 176 Å². The first-order chi connectivity index (χ1) is 12.4. The van der Waals surface area contributed by atoms with E-state index in [1.807, 2.05) is 36.8 Å². The smallest absolute Gasteiger partial charge is 0.204 e. The number of Topliss-reactive ketones (excluding diaryl/α,β-unsaturated/α-hetero) is 2. The number of hydrogen-bond acceptors (Lipinski definition) is 6. The molecule has 2 N–H and O–H groups in total. The highest BCUT2D eigenvalue weighted by Gasteiger charge is 2.66. The van der Waals surface area contributed by atoms with E-state index in [1.54, 1.807) is 12.1 Å². The molecule has 2 aliphatic heterocycles. The monoisotopic (exact) mass is 512 g/mol. The van der Waals surface area contributed by atoms with Gasteiger partial charge in [0.1, 0.15) is 0 Å². The molecular formula is C18H14Br2N2O2S2. The van der Waals surface area contributed by atoms with E-state index in [0.29, 0.717) is 11.1 Å². The summed E-state index contributed by atoms with van der Waals surface area (Å²) in [7, 11) is 0. The maximum absolute atomic E-state index is 13.5. The minimum Gasteiger partial charge on any atom is -0.361 e. The Morgan fingerprint density at radius 1 is 0.769 bits per heavy atom. The summed E-state index contributed by atoms with van der Waals surface area (Å²) in [6.07, 6.45) is 3.72. The SMILES string of the molecule is CSC1(C2(SC)Nc3ccc(Br)cc3C2=O)Nc2cc(Br)ccc2C1=O. The van der Waals surface area contributed by atoms with E-state index >= 15 is 0 Å². The molecule has 0 fully saturated rings. The predicted octanol–water partition coefficient (Wildman–Crippen LogP) is 5.25. The molecule has 2 atom stereocenters. The van der Waals surface area contributed by atoms with Crippen molar-refractivity contribution in [3.63, 3.8) is 0 Å². The van der Waals surface area contributed by atoms with Crippen molar-refractivity contribution >= 4 is 78.3 Å². The lowest BCUT2D eigenvalue weighted by Crippen LogP contribution is -2.63. The summed E-state index contributed by atoms with van der Waals surface area (Å²) in [5, 5.41) is 6.73. The minimum absolute atomic E-state index is 0.0884. The van der Waals surface area contributed by atoms with Crippen molar-refractivity contribution in [2.45, 2.75) is 9.74 Å². The van der Waals surface area contributed by atoms with E-state index in [2.05, 4.69) is 42.5 Å². The minimum atomic E-state index is -1.14.